The summed E-state index contributed by atoms with van der Waals surface area (Å²) in [5.74, 6) is -0.210. The summed E-state index contributed by atoms with van der Waals surface area (Å²) in [6, 6.07) is 0.875. The Morgan fingerprint density at radius 2 is 2.00 bits per heavy atom. The SMILES string of the molecule is Nc1ncc(CN2CCc3c(C(=O)Nc4cncc(C(F)(F)F)c4)csc3C2)cn1. The van der Waals surface area contributed by atoms with E-state index in [1.165, 1.54) is 17.5 Å². The highest BCUT2D eigenvalue weighted by Gasteiger charge is 2.31. The molecule has 3 aromatic heterocycles. The predicted octanol–water partition coefficient (Wildman–Crippen LogP) is 3.34. The Labute approximate surface area is 173 Å². The number of anilines is 2. The van der Waals surface area contributed by atoms with Gasteiger partial charge in [-0.1, -0.05) is 0 Å². The Morgan fingerprint density at radius 3 is 2.73 bits per heavy atom. The molecule has 4 rings (SSSR count). The molecule has 7 nitrogen and oxygen atoms in total. The zero-order valence-electron chi connectivity index (χ0n) is 15.6. The Balaban J connectivity index is 1.45. The molecule has 0 aromatic carbocycles. The minimum absolute atomic E-state index is 0.00978. The minimum Gasteiger partial charge on any atom is -0.368 e. The van der Waals surface area contributed by atoms with Crippen LogP contribution in [0.25, 0.3) is 0 Å². The quantitative estimate of drug-likeness (QED) is 0.654. The van der Waals surface area contributed by atoms with E-state index >= 15 is 0 Å². The third kappa shape index (κ3) is 4.41. The van der Waals surface area contributed by atoms with Gasteiger partial charge in [-0.25, -0.2) is 9.97 Å². The van der Waals surface area contributed by atoms with Crippen molar-refractivity contribution in [1.82, 2.24) is 19.9 Å². The summed E-state index contributed by atoms with van der Waals surface area (Å²) in [4.78, 5) is 27.5. The van der Waals surface area contributed by atoms with Gasteiger partial charge in [0.1, 0.15) is 0 Å². The number of aromatic nitrogens is 3. The van der Waals surface area contributed by atoms with Crippen molar-refractivity contribution in [3.63, 3.8) is 0 Å². The van der Waals surface area contributed by atoms with Gasteiger partial charge in [0.2, 0.25) is 5.95 Å². The van der Waals surface area contributed by atoms with Gasteiger partial charge in [-0.05, 0) is 18.1 Å². The monoisotopic (exact) mass is 434 g/mol. The van der Waals surface area contributed by atoms with Crippen LogP contribution in [0.4, 0.5) is 24.8 Å². The molecular formula is C19H17F3N6OS. The van der Waals surface area contributed by atoms with E-state index in [0.29, 0.717) is 25.1 Å². The fourth-order valence-electron chi connectivity index (χ4n) is 3.27. The van der Waals surface area contributed by atoms with Gasteiger partial charge < -0.3 is 11.1 Å². The lowest BCUT2D eigenvalue weighted by Gasteiger charge is -2.27. The number of nitrogen functional groups attached to an aromatic ring is 1. The molecule has 0 unspecified atom stereocenters. The van der Waals surface area contributed by atoms with Crippen LogP contribution in [0, 0.1) is 0 Å². The van der Waals surface area contributed by atoms with E-state index in [2.05, 4.69) is 25.2 Å². The zero-order chi connectivity index (χ0) is 21.3. The Kier molecular flexibility index (Phi) is 5.39. The third-order valence-corrected chi connectivity index (χ3v) is 5.74. The number of pyridine rings is 1. The van der Waals surface area contributed by atoms with Crippen molar-refractivity contribution in [1.29, 1.82) is 0 Å². The van der Waals surface area contributed by atoms with E-state index in [1.54, 1.807) is 17.8 Å². The number of amides is 1. The van der Waals surface area contributed by atoms with Gasteiger partial charge in [0, 0.05) is 54.0 Å². The smallest absolute Gasteiger partial charge is 0.368 e. The van der Waals surface area contributed by atoms with Crippen molar-refractivity contribution in [3.8, 4) is 0 Å². The fourth-order valence-corrected chi connectivity index (χ4v) is 4.39. The second kappa shape index (κ2) is 8.00. The van der Waals surface area contributed by atoms with Crippen molar-refractivity contribution in [3.05, 3.63) is 63.4 Å². The first-order valence-electron chi connectivity index (χ1n) is 9.01. The number of hydrogen-bond acceptors (Lipinski definition) is 7. The molecule has 1 aliphatic heterocycles. The van der Waals surface area contributed by atoms with Crippen molar-refractivity contribution < 1.29 is 18.0 Å². The molecule has 0 saturated heterocycles. The molecule has 0 aliphatic carbocycles. The van der Waals surface area contributed by atoms with Crippen LogP contribution in [0.3, 0.4) is 0 Å². The number of rotatable bonds is 4. The van der Waals surface area contributed by atoms with Gasteiger partial charge in [-0.2, -0.15) is 13.2 Å². The molecule has 30 heavy (non-hydrogen) atoms. The molecule has 0 spiro atoms. The maximum absolute atomic E-state index is 12.8. The molecule has 0 radical (unpaired) electrons. The van der Waals surface area contributed by atoms with Gasteiger partial charge in [0.25, 0.3) is 5.91 Å². The highest BCUT2D eigenvalue weighted by molar-refractivity contribution is 7.10. The Hall–Kier alpha value is -3.05. The number of nitrogens with one attached hydrogen (secondary N) is 1. The number of hydrogen-bond donors (Lipinski definition) is 2. The topological polar surface area (TPSA) is 97.0 Å². The number of nitrogens with zero attached hydrogens (tertiary/aromatic N) is 4. The molecule has 3 N–H and O–H groups in total. The number of alkyl halides is 3. The van der Waals surface area contributed by atoms with Crippen LogP contribution in [0.15, 0.2) is 36.2 Å². The minimum atomic E-state index is -4.52. The second-order valence-corrected chi connectivity index (χ2v) is 7.84. The Morgan fingerprint density at radius 1 is 1.23 bits per heavy atom. The van der Waals surface area contributed by atoms with Crippen LogP contribution in [0.1, 0.15) is 31.9 Å². The van der Waals surface area contributed by atoms with E-state index in [4.69, 9.17) is 5.73 Å². The summed E-state index contributed by atoms with van der Waals surface area (Å²) in [5.41, 5.74) is 6.97. The molecule has 3 aromatic rings. The van der Waals surface area contributed by atoms with Crippen LogP contribution in [-0.4, -0.2) is 32.3 Å². The molecule has 0 bridgehead atoms. The van der Waals surface area contributed by atoms with Crippen LogP contribution < -0.4 is 11.1 Å². The highest BCUT2D eigenvalue weighted by atomic mass is 32.1. The second-order valence-electron chi connectivity index (χ2n) is 6.88. The molecule has 0 saturated carbocycles. The fraction of sp³-hybridized carbons (Fsp3) is 0.263. The first kappa shape index (κ1) is 20.2. The number of halogens is 3. The van der Waals surface area contributed by atoms with E-state index < -0.39 is 17.6 Å². The van der Waals surface area contributed by atoms with Crippen molar-refractivity contribution in [2.24, 2.45) is 0 Å². The Bertz CT molecular complexity index is 1070. The molecule has 1 aliphatic rings. The third-order valence-electron chi connectivity index (χ3n) is 4.73. The molecule has 0 fully saturated rings. The van der Waals surface area contributed by atoms with Crippen LogP contribution >= 0.6 is 11.3 Å². The molecular weight excluding hydrogens is 417 g/mol. The van der Waals surface area contributed by atoms with E-state index in [9.17, 15) is 18.0 Å². The number of nitrogens with two attached hydrogens (primary N) is 1. The van der Waals surface area contributed by atoms with Crippen LogP contribution in [-0.2, 0) is 25.7 Å². The van der Waals surface area contributed by atoms with Gasteiger partial charge >= 0.3 is 6.18 Å². The summed E-state index contributed by atoms with van der Waals surface area (Å²) in [6.07, 6.45) is 1.44. The zero-order valence-corrected chi connectivity index (χ0v) is 16.4. The largest absolute Gasteiger partial charge is 0.417 e. The van der Waals surface area contributed by atoms with Crippen molar-refractivity contribution in [2.75, 3.05) is 17.6 Å². The van der Waals surface area contributed by atoms with Crippen LogP contribution in [0.5, 0.6) is 0 Å². The summed E-state index contributed by atoms with van der Waals surface area (Å²) < 4.78 is 38.5. The lowest BCUT2D eigenvalue weighted by molar-refractivity contribution is -0.137. The number of thiophene rings is 1. The maximum atomic E-state index is 12.8. The lowest BCUT2D eigenvalue weighted by atomic mass is 10.0. The van der Waals surface area contributed by atoms with Crippen LogP contribution in [0.2, 0.25) is 0 Å². The average Bonchev–Trinajstić information content (AvgIpc) is 3.13. The summed E-state index contributed by atoms with van der Waals surface area (Å²) in [5, 5.41) is 4.27. The normalized spacial score (nSPS) is 14.4. The molecule has 1 amide bonds. The summed E-state index contributed by atoms with van der Waals surface area (Å²) in [7, 11) is 0. The van der Waals surface area contributed by atoms with Gasteiger partial charge in [0.15, 0.2) is 0 Å². The molecule has 11 heteroatoms. The van der Waals surface area contributed by atoms with Crippen molar-refractivity contribution in [2.45, 2.75) is 25.7 Å². The maximum Gasteiger partial charge on any atom is 0.417 e. The number of carbonyl (C=O) groups is 1. The lowest BCUT2D eigenvalue weighted by Crippen LogP contribution is -2.30. The average molecular weight is 434 g/mol. The number of carbonyl (C=O) groups excluding carboxylic acids is 1. The van der Waals surface area contributed by atoms with Gasteiger partial charge in [-0.15, -0.1) is 11.3 Å². The first-order valence-corrected chi connectivity index (χ1v) is 9.89. The van der Waals surface area contributed by atoms with E-state index in [1.807, 2.05) is 0 Å². The first-order chi connectivity index (χ1) is 14.3. The van der Waals surface area contributed by atoms with Gasteiger partial charge in [0.05, 0.1) is 23.0 Å². The molecule has 156 valence electrons. The highest BCUT2D eigenvalue weighted by Crippen LogP contribution is 2.32. The number of fused-ring (bicyclic) bond motifs is 1. The van der Waals surface area contributed by atoms with E-state index in [0.717, 1.165) is 34.8 Å². The summed E-state index contributed by atoms with van der Waals surface area (Å²) >= 11 is 1.47. The molecule has 0 atom stereocenters. The standard InChI is InChI=1S/C19H17F3N6OS/c20-19(21,22)12-3-13(7-24-6-12)27-17(29)15-10-30-16-9-28(2-1-14(15)16)8-11-4-25-18(23)26-5-11/h3-7,10H,1-2,8-9H2,(H,27,29)(H2,23,25,26). The summed E-state index contributed by atoms with van der Waals surface area (Å²) in [6.45, 7) is 2.07. The van der Waals surface area contributed by atoms with Crippen molar-refractivity contribution >= 4 is 28.9 Å². The van der Waals surface area contributed by atoms with Gasteiger partial charge in [-0.3, -0.25) is 14.7 Å². The van der Waals surface area contributed by atoms with E-state index in [-0.39, 0.29) is 11.6 Å². The molecule has 4 heterocycles. The predicted molar refractivity (Wildman–Crippen MR) is 106 cm³/mol.